The van der Waals surface area contributed by atoms with Gasteiger partial charge in [0.25, 0.3) is 0 Å². The van der Waals surface area contributed by atoms with E-state index in [-0.39, 0.29) is 6.79 Å². The molecule has 146 valence electrons. The molecule has 1 N–H and O–H groups in total. The van der Waals surface area contributed by atoms with Crippen molar-refractivity contribution >= 4 is 0 Å². The van der Waals surface area contributed by atoms with Gasteiger partial charge in [-0.05, 0) is 55.3 Å². The fraction of sp³-hybridized carbons (Fsp3) is 0.348. The molecule has 0 bridgehead atoms. The lowest BCUT2D eigenvalue weighted by Crippen LogP contribution is -2.18. The number of aryl methyl sites for hydroxylation is 1. The van der Waals surface area contributed by atoms with Crippen molar-refractivity contribution in [3.8, 4) is 34.1 Å². The minimum Gasteiger partial charge on any atom is -0.454 e. The van der Waals surface area contributed by atoms with E-state index in [1.807, 2.05) is 25.1 Å². The van der Waals surface area contributed by atoms with Crippen molar-refractivity contribution in [1.29, 1.82) is 0 Å². The Bertz CT molecular complexity index is 932. The van der Waals surface area contributed by atoms with Gasteiger partial charge in [0.2, 0.25) is 12.7 Å². The van der Waals surface area contributed by atoms with Crippen molar-refractivity contribution in [3.05, 3.63) is 53.9 Å². The molecule has 2 aromatic carbocycles. The fourth-order valence-corrected chi connectivity index (χ4v) is 3.30. The monoisotopic (exact) mass is 378 g/mol. The van der Waals surface area contributed by atoms with E-state index in [4.69, 9.17) is 18.9 Å². The molecule has 0 saturated heterocycles. The first-order chi connectivity index (χ1) is 13.7. The first kappa shape index (κ1) is 18.6. The van der Waals surface area contributed by atoms with Crippen LogP contribution in [0.15, 0.2) is 46.9 Å². The third kappa shape index (κ3) is 4.04. The Morgan fingerprint density at radius 1 is 0.929 bits per heavy atom. The number of unbranched alkanes of at least 4 members (excludes halogenated alkanes) is 1. The topological polar surface area (TPSA) is 56.5 Å². The molecule has 28 heavy (non-hydrogen) atoms. The van der Waals surface area contributed by atoms with Crippen molar-refractivity contribution in [3.63, 3.8) is 0 Å². The van der Waals surface area contributed by atoms with E-state index in [0.717, 1.165) is 59.2 Å². The number of hydrogen-bond acceptors (Lipinski definition) is 5. The van der Waals surface area contributed by atoms with Crippen LogP contribution in [0.3, 0.4) is 0 Å². The molecular formula is C23H26N2O3. The predicted octanol–water partition coefficient (Wildman–Crippen LogP) is 4.98. The Hall–Kier alpha value is -2.79. The lowest BCUT2D eigenvalue weighted by Gasteiger charge is -2.04. The molecule has 2 heterocycles. The number of benzene rings is 2. The average Bonchev–Trinajstić information content (AvgIpc) is 3.34. The van der Waals surface area contributed by atoms with Gasteiger partial charge in [0.05, 0.1) is 5.69 Å². The zero-order chi connectivity index (χ0) is 19.3. The highest BCUT2D eigenvalue weighted by atomic mass is 16.7. The minimum atomic E-state index is 0.289. The summed E-state index contributed by atoms with van der Waals surface area (Å²) >= 11 is 0. The standard InChI is InChI=1S/C23H26N2O3/c1-3-4-12-24-13-11-20-16(2)28-23(25-20)18-7-5-17(6-8-18)19-9-10-21-22(14-19)27-15-26-21/h5-10,14,24H,3-4,11-13,15H2,1-2H3. The number of nitrogens with one attached hydrogen (secondary N) is 1. The third-order valence-corrected chi connectivity index (χ3v) is 4.98. The van der Waals surface area contributed by atoms with Gasteiger partial charge in [0, 0.05) is 18.5 Å². The van der Waals surface area contributed by atoms with E-state index >= 15 is 0 Å². The molecule has 0 spiro atoms. The highest BCUT2D eigenvalue weighted by Crippen LogP contribution is 2.36. The van der Waals surface area contributed by atoms with Crippen LogP contribution >= 0.6 is 0 Å². The van der Waals surface area contributed by atoms with Crippen LogP contribution < -0.4 is 14.8 Å². The SMILES string of the molecule is CCCCNCCc1nc(-c2ccc(-c3ccc4c(c3)OCO4)cc2)oc1C. The Balaban J connectivity index is 1.44. The Labute approximate surface area is 165 Å². The van der Waals surface area contributed by atoms with E-state index in [9.17, 15) is 0 Å². The maximum absolute atomic E-state index is 5.91. The number of fused-ring (bicyclic) bond motifs is 1. The smallest absolute Gasteiger partial charge is 0.231 e. The van der Waals surface area contributed by atoms with Crippen LogP contribution in [0.1, 0.15) is 31.2 Å². The van der Waals surface area contributed by atoms with E-state index in [2.05, 4.69) is 36.5 Å². The minimum absolute atomic E-state index is 0.289. The van der Waals surface area contributed by atoms with Crippen molar-refractivity contribution < 1.29 is 13.9 Å². The lowest BCUT2D eigenvalue weighted by molar-refractivity contribution is 0.174. The van der Waals surface area contributed by atoms with E-state index < -0.39 is 0 Å². The van der Waals surface area contributed by atoms with Gasteiger partial charge in [-0.15, -0.1) is 0 Å². The summed E-state index contributed by atoms with van der Waals surface area (Å²) < 4.78 is 16.8. The normalized spacial score (nSPS) is 12.5. The van der Waals surface area contributed by atoms with Gasteiger partial charge in [-0.2, -0.15) is 0 Å². The summed E-state index contributed by atoms with van der Waals surface area (Å²) in [4.78, 5) is 4.70. The van der Waals surface area contributed by atoms with Crippen LogP contribution in [0, 0.1) is 6.92 Å². The summed E-state index contributed by atoms with van der Waals surface area (Å²) in [7, 11) is 0. The molecule has 1 aliphatic heterocycles. The largest absolute Gasteiger partial charge is 0.454 e. The zero-order valence-electron chi connectivity index (χ0n) is 16.5. The van der Waals surface area contributed by atoms with Gasteiger partial charge >= 0.3 is 0 Å². The highest BCUT2D eigenvalue weighted by Gasteiger charge is 2.15. The maximum atomic E-state index is 5.91. The molecule has 0 radical (unpaired) electrons. The average molecular weight is 378 g/mol. The molecule has 0 fully saturated rings. The second-order valence-electron chi connectivity index (χ2n) is 7.02. The lowest BCUT2D eigenvalue weighted by atomic mass is 10.0. The van der Waals surface area contributed by atoms with Crippen molar-refractivity contribution in [2.45, 2.75) is 33.1 Å². The quantitative estimate of drug-likeness (QED) is 0.560. The number of aromatic nitrogens is 1. The highest BCUT2D eigenvalue weighted by molar-refractivity contribution is 5.70. The van der Waals surface area contributed by atoms with Crippen molar-refractivity contribution in [2.75, 3.05) is 19.9 Å². The van der Waals surface area contributed by atoms with Gasteiger partial charge in [0.1, 0.15) is 5.76 Å². The summed E-state index contributed by atoms with van der Waals surface area (Å²) in [5.41, 5.74) is 4.22. The molecule has 5 heteroatoms. The molecule has 0 atom stereocenters. The summed E-state index contributed by atoms with van der Waals surface area (Å²) in [6.07, 6.45) is 3.30. The molecular weight excluding hydrogens is 352 g/mol. The van der Waals surface area contributed by atoms with Crippen LogP contribution in [-0.4, -0.2) is 24.9 Å². The van der Waals surface area contributed by atoms with Crippen LogP contribution in [0.4, 0.5) is 0 Å². The summed E-state index contributed by atoms with van der Waals surface area (Å²) in [6.45, 7) is 6.46. The number of ether oxygens (including phenoxy) is 2. The van der Waals surface area contributed by atoms with Crippen LogP contribution in [0.25, 0.3) is 22.6 Å². The van der Waals surface area contributed by atoms with E-state index in [1.165, 1.54) is 12.8 Å². The van der Waals surface area contributed by atoms with Gasteiger partial charge in [-0.25, -0.2) is 4.98 Å². The third-order valence-electron chi connectivity index (χ3n) is 4.98. The molecule has 3 aromatic rings. The second-order valence-corrected chi connectivity index (χ2v) is 7.02. The maximum Gasteiger partial charge on any atom is 0.231 e. The molecule has 1 aromatic heterocycles. The van der Waals surface area contributed by atoms with E-state index in [1.54, 1.807) is 0 Å². The number of nitrogens with zero attached hydrogens (tertiary/aromatic N) is 1. The van der Waals surface area contributed by atoms with Crippen LogP contribution in [0.5, 0.6) is 11.5 Å². The van der Waals surface area contributed by atoms with Crippen LogP contribution in [0.2, 0.25) is 0 Å². The van der Waals surface area contributed by atoms with E-state index in [0.29, 0.717) is 5.89 Å². The fourth-order valence-electron chi connectivity index (χ4n) is 3.30. The predicted molar refractivity (Wildman–Crippen MR) is 110 cm³/mol. The van der Waals surface area contributed by atoms with Gasteiger partial charge in [-0.1, -0.05) is 31.5 Å². The number of rotatable bonds is 8. The Morgan fingerprint density at radius 2 is 1.68 bits per heavy atom. The zero-order valence-corrected chi connectivity index (χ0v) is 16.5. The molecule has 4 rings (SSSR count). The molecule has 0 amide bonds. The van der Waals surface area contributed by atoms with Crippen molar-refractivity contribution in [1.82, 2.24) is 10.3 Å². The summed E-state index contributed by atoms with van der Waals surface area (Å²) in [5, 5.41) is 3.45. The first-order valence-electron chi connectivity index (χ1n) is 9.92. The molecule has 0 saturated carbocycles. The Kier molecular flexibility index (Phi) is 5.63. The summed E-state index contributed by atoms with van der Waals surface area (Å²) in [6, 6.07) is 14.3. The van der Waals surface area contributed by atoms with Gasteiger partial charge in [-0.3, -0.25) is 0 Å². The molecule has 0 unspecified atom stereocenters. The van der Waals surface area contributed by atoms with Gasteiger partial charge < -0.3 is 19.2 Å². The Morgan fingerprint density at radius 3 is 2.50 bits per heavy atom. The molecule has 0 aliphatic carbocycles. The number of hydrogen-bond donors (Lipinski definition) is 1. The second kappa shape index (κ2) is 8.48. The number of oxazole rings is 1. The van der Waals surface area contributed by atoms with Crippen LogP contribution in [-0.2, 0) is 6.42 Å². The first-order valence-corrected chi connectivity index (χ1v) is 9.92. The molecule has 5 nitrogen and oxygen atoms in total. The molecule has 1 aliphatic rings. The van der Waals surface area contributed by atoms with Crippen molar-refractivity contribution in [2.24, 2.45) is 0 Å². The summed E-state index contributed by atoms with van der Waals surface area (Å²) in [5.74, 6) is 3.17. The van der Waals surface area contributed by atoms with Gasteiger partial charge in [0.15, 0.2) is 11.5 Å².